The minimum atomic E-state index is -3.71. The summed E-state index contributed by atoms with van der Waals surface area (Å²) in [7, 11) is -3.71. The van der Waals surface area contributed by atoms with Gasteiger partial charge in [0.1, 0.15) is 6.04 Å². The Labute approximate surface area is 164 Å². The first-order chi connectivity index (χ1) is 12.0. The molecule has 0 fully saturated rings. The maximum absolute atomic E-state index is 12.7. The fourth-order valence-electron chi connectivity index (χ4n) is 2.53. The fourth-order valence-corrected chi connectivity index (χ4v) is 4.10. The van der Waals surface area contributed by atoms with E-state index >= 15 is 0 Å². The number of amides is 1. The van der Waals surface area contributed by atoms with Gasteiger partial charge >= 0.3 is 0 Å². The highest BCUT2D eigenvalue weighted by Crippen LogP contribution is 2.27. The van der Waals surface area contributed by atoms with Crippen molar-refractivity contribution in [3.05, 3.63) is 57.6 Å². The Kier molecular flexibility index (Phi) is 6.21. The molecule has 0 aliphatic carbocycles. The number of nitrogens with zero attached hydrogens (tertiary/aromatic N) is 1. The van der Waals surface area contributed by atoms with Gasteiger partial charge in [0.05, 0.1) is 11.9 Å². The van der Waals surface area contributed by atoms with Crippen molar-refractivity contribution < 1.29 is 13.2 Å². The van der Waals surface area contributed by atoms with Crippen molar-refractivity contribution in [2.24, 2.45) is 0 Å². The lowest BCUT2D eigenvalue weighted by Gasteiger charge is -2.28. The van der Waals surface area contributed by atoms with Gasteiger partial charge < -0.3 is 5.32 Å². The molecule has 1 amide bonds. The van der Waals surface area contributed by atoms with E-state index in [0.29, 0.717) is 21.4 Å². The van der Waals surface area contributed by atoms with Crippen molar-refractivity contribution in [2.75, 3.05) is 15.9 Å². The van der Waals surface area contributed by atoms with Crippen LogP contribution < -0.4 is 9.62 Å². The number of nitrogens with one attached hydrogen (secondary N) is 1. The van der Waals surface area contributed by atoms with E-state index in [1.54, 1.807) is 37.3 Å². The second-order valence-electron chi connectivity index (χ2n) is 6.12. The molecule has 0 aliphatic rings. The van der Waals surface area contributed by atoms with Gasteiger partial charge in [0.2, 0.25) is 15.9 Å². The minimum absolute atomic E-state index is 0.332. The Bertz CT molecular complexity index is 945. The number of hydrogen-bond donors (Lipinski definition) is 1. The van der Waals surface area contributed by atoms with Crippen LogP contribution in [0.4, 0.5) is 11.4 Å². The van der Waals surface area contributed by atoms with E-state index in [-0.39, 0.29) is 0 Å². The second-order valence-corrected chi connectivity index (χ2v) is 8.82. The van der Waals surface area contributed by atoms with Crippen LogP contribution in [0.25, 0.3) is 0 Å². The first-order valence-electron chi connectivity index (χ1n) is 7.83. The molecule has 0 saturated heterocycles. The van der Waals surface area contributed by atoms with Crippen LogP contribution in [-0.2, 0) is 14.8 Å². The SMILES string of the molecule is Cc1ccc(N(C(C)C(=O)Nc2ccc(Cl)cc2C)S(C)(=O)=O)cc1Cl. The molecular weight excluding hydrogens is 395 g/mol. The largest absolute Gasteiger partial charge is 0.324 e. The van der Waals surface area contributed by atoms with Gasteiger partial charge in [-0.2, -0.15) is 0 Å². The summed E-state index contributed by atoms with van der Waals surface area (Å²) in [4.78, 5) is 12.7. The molecule has 5 nitrogen and oxygen atoms in total. The number of rotatable bonds is 5. The molecule has 1 unspecified atom stereocenters. The van der Waals surface area contributed by atoms with Crippen molar-refractivity contribution in [1.29, 1.82) is 0 Å². The van der Waals surface area contributed by atoms with E-state index in [0.717, 1.165) is 21.7 Å². The van der Waals surface area contributed by atoms with Crippen LogP contribution in [0.1, 0.15) is 18.1 Å². The number of hydrogen-bond acceptors (Lipinski definition) is 3. The third-order valence-corrected chi connectivity index (χ3v) is 5.83. The molecule has 2 rings (SSSR count). The minimum Gasteiger partial charge on any atom is -0.324 e. The molecule has 0 aliphatic heterocycles. The van der Waals surface area contributed by atoms with Crippen molar-refractivity contribution in [1.82, 2.24) is 0 Å². The second kappa shape index (κ2) is 7.86. The van der Waals surface area contributed by atoms with Crippen LogP contribution >= 0.6 is 23.2 Å². The first-order valence-corrected chi connectivity index (χ1v) is 10.4. The molecule has 0 radical (unpaired) electrons. The summed E-state index contributed by atoms with van der Waals surface area (Å²) in [5.41, 5.74) is 2.50. The summed E-state index contributed by atoms with van der Waals surface area (Å²) < 4.78 is 25.7. The highest BCUT2D eigenvalue weighted by atomic mass is 35.5. The highest BCUT2D eigenvalue weighted by Gasteiger charge is 2.29. The van der Waals surface area contributed by atoms with Crippen LogP contribution in [-0.4, -0.2) is 26.6 Å². The Morgan fingerprint density at radius 1 is 1.08 bits per heavy atom. The van der Waals surface area contributed by atoms with E-state index in [2.05, 4.69) is 5.32 Å². The molecule has 2 aromatic carbocycles. The summed E-state index contributed by atoms with van der Waals surface area (Å²) in [6, 6.07) is 8.95. The van der Waals surface area contributed by atoms with Gasteiger partial charge in [-0.15, -0.1) is 0 Å². The molecule has 26 heavy (non-hydrogen) atoms. The van der Waals surface area contributed by atoms with Gasteiger partial charge in [-0.05, 0) is 62.2 Å². The third kappa shape index (κ3) is 4.69. The Morgan fingerprint density at radius 3 is 2.27 bits per heavy atom. The predicted octanol–water partition coefficient (Wildman–Crippen LogP) is 4.40. The molecular formula is C18H20Cl2N2O3S. The summed E-state index contributed by atoms with van der Waals surface area (Å²) in [5.74, 6) is -0.461. The Morgan fingerprint density at radius 2 is 1.73 bits per heavy atom. The Hall–Kier alpha value is -1.76. The molecule has 0 heterocycles. The molecule has 0 bridgehead atoms. The topological polar surface area (TPSA) is 66.5 Å². The first kappa shape index (κ1) is 20.6. The number of sulfonamides is 1. The number of aryl methyl sites for hydroxylation is 2. The van der Waals surface area contributed by atoms with E-state index in [1.165, 1.54) is 13.0 Å². The highest BCUT2D eigenvalue weighted by molar-refractivity contribution is 7.92. The normalized spacial score (nSPS) is 12.5. The molecule has 0 aromatic heterocycles. The van der Waals surface area contributed by atoms with E-state index in [1.807, 2.05) is 6.92 Å². The third-order valence-electron chi connectivity index (χ3n) is 3.94. The summed E-state index contributed by atoms with van der Waals surface area (Å²) in [6.45, 7) is 5.14. The predicted molar refractivity (Wildman–Crippen MR) is 108 cm³/mol. The maximum Gasteiger partial charge on any atom is 0.248 e. The zero-order valence-electron chi connectivity index (χ0n) is 14.9. The maximum atomic E-state index is 12.7. The van der Waals surface area contributed by atoms with Crippen LogP contribution in [0, 0.1) is 13.8 Å². The van der Waals surface area contributed by atoms with Crippen molar-refractivity contribution >= 4 is 50.5 Å². The van der Waals surface area contributed by atoms with Crippen LogP contribution in [0.2, 0.25) is 10.0 Å². The molecule has 0 saturated carbocycles. The monoisotopic (exact) mass is 414 g/mol. The van der Waals surface area contributed by atoms with Gasteiger partial charge in [0, 0.05) is 15.7 Å². The summed E-state index contributed by atoms with van der Waals surface area (Å²) in [5, 5.41) is 3.73. The summed E-state index contributed by atoms with van der Waals surface area (Å²) in [6.07, 6.45) is 1.05. The number of anilines is 2. The standard InChI is InChI=1S/C18H20Cl2N2O3S/c1-11-5-7-15(10-16(11)20)22(26(4,24)25)13(3)18(23)21-17-8-6-14(19)9-12(17)2/h5-10,13H,1-4H3,(H,21,23). The average molecular weight is 415 g/mol. The van der Waals surface area contributed by atoms with Crippen LogP contribution in [0.5, 0.6) is 0 Å². The molecule has 1 N–H and O–H groups in total. The van der Waals surface area contributed by atoms with Crippen LogP contribution in [0.3, 0.4) is 0 Å². The number of halogens is 2. The van der Waals surface area contributed by atoms with Crippen molar-refractivity contribution in [2.45, 2.75) is 26.8 Å². The van der Waals surface area contributed by atoms with E-state index in [4.69, 9.17) is 23.2 Å². The number of carbonyl (C=O) groups is 1. The van der Waals surface area contributed by atoms with Crippen molar-refractivity contribution in [3.8, 4) is 0 Å². The number of benzene rings is 2. The van der Waals surface area contributed by atoms with Gasteiger partial charge in [-0.3, -0.25) is 9.10 Å². The fraction of sp³-hybridized carbons (Fsp3) is 0.278. The van der Waals surface area contributed by atoms with Gasteiger partial charge in [0.25, 0.3) is 0 Å². The number of carbonyl (C=O) groups excluding carboxylic acids is 1. The molecule has 1 atom stereocenters. The van der Waals surface area contributed by atoms with Gasteiger partial charge in [-0.1, -0.05) is 29.3 Å². The zero-order chi connectivity index (χ0) is 19.6. The molecule has 8 heteroatoms. The smallest absolute Gasteiger partial charge is 0.248 e. The molecule has 0 spiro atoms. The quantitative estimate of drug-likeness (QED) is 0.787. The van der Waals surface area contributed by atoms with Crippen LogP contribution in [0.15, 0.2) is 36.4 Å². The molecule has 140 valence electrons. The van der Waals surface area contributed by atoms with E-state index < -0.39 is 22.0 Å². The lowest BCUT2D eigenvalue weighted by Crippen LogP contribution is -2.45. The van der Waals surface area contributed by atoms with Gasteiger partial charge in [0.15, 0.2) is 0 Å². The van der Waals surface area contributed by atoms with Crippen molar-refractivity contribution in [3.63, 3.8) is 0 Å². The zero-order valence-corrected chi connectivity index (χ0v) is 17.2. The van der Waals surface area contributed by atoms with Gasteiger partial charge in [-0.25, -0.2) is 8.42 Å². The van der Waals surface area contributed by atoms with E-state index in [9.17, 15) is 13.2 Å². The Balaban J connectivity index is 2.35. The lowest BCUT2D eigenvalue weighted by molar-refractivity contribution is -0.116. The lowest BCUT2D eigenvalue weighted by atomic mass is 10.2. The molecule has 2 aromatic rings. The summed E-state index contributed by atoms with van der Waals surface area (Å²) >= 11 is 12.0. The average Bonchev–Trinajstić information content (AvgIpc) is 2.52.